The average Bonchev–Trinajstić information content (AvgIpc) is 1.72. The Bertz CT molecular complexity index is 45.1. The summed E-state index contributed by atoms with van der Waals surface area (Å²) in [4.78, 5) is 0. The van der Waals surface area contributed by atoms with Gasteiger partial charge in [-0.2, -0.15) is 0 Å². The summed E-state index contributed by atoms with van der Waals surface area (Å²) >= 11 is 0. The quantitative estimate of drug-likeness (QED) is 0.404. The van der Waals surface area contributed by atoms with E-state index in [1.165, 1.54) is 25.7 Å². The highest BCUT2D eigenvalue weighted by molar-refractivity contribution is 4.85. The van der Waals surface area contributed by atoms with Crippen molar-refractivity contribution in [2.75, 3.05) is 0 Å². The van der Waals surface area contributed by atoms with Gasteiger partial charge in [-0.3, -0.25) is 0 Å². The van der Waals surface area contributed by atoms with Crippen molar-refractivity contribution < 1.29 is 0 Å². The zero-order chi connectivity index (χ0) is 4.24. The van der Waals surface area contributed by atoms with E-state index in [4.69, 9.17) is 0 Å². The Morgan fingerprint density at radius 3 is 1.43 bits per heavy atom. The van der Waals surface area contributed by atoms with Crippen molar-refractivity contribution in [2.24, 2.45) is 0 Å². The molecule has 4 radical (unpaired) electrons. The number of allylic oxidation sites excluding steroid dienone is 2. The van der Waals surface area contributed by atoms with Crippen molar-refractivity contribution in [2.45, 2.75) is 25.7 Å². The highest BCUT2D eigenvalue weighted by Gasteiger charge is 1.87. The van der Waals surface area contributed by atoms with Gasteiger partial charge >= 0.3 is 0 Å². The van der Waals surface area contributed by atoms with Gasteiger partial charge in [-0.25, -0.2) is 0 Å². The zero-order valence-corrected chi connectivity index (χ0v) is 4.48. The molecular formula is C7H10. The second-order valence-corrected chi connectivity index (χ2v) is 1.76. The molecule has 0 saturated carbocycles. The lowest BCUT2D eigenvalue weighted by atomic mass is 10.1. The van der Waals surface area contributed by atoms with Gasteiger partial charge in [0, 0.05) is 7.43 Å². The molecule has 1 aliphatic rings. The summed E-state index contributed by atoms with van der Waals surface area (Å²) in [6, 6.07) is 0. The molecule has 0 aromatic heterocycles. The highest BCUT2D eigenvalue weighted by Crippen LogP contribution is 2.07. The molecule has 1 rings (SSSR count). The first-order valence-electron chi connectivity index (χ1n) is 2.65. The predicted molar refractivity (Wildman–Crippen MR) is 30.9 cm³/mol. The van der Waals surface area contributed by atoms with Crippen molar-refractivity contribution >= 4 is 0 Å². The maximum atomic E-state index is 2.27. The molecule has 0 heterocycles. The summed E-state index contributed by atoms with van der Waals surface area (Å²) in [5.41, 5.74) is 0. The largest absolute Gasteiger partial charge is 0.0885 e. The van der Waals surface area contributed by atoms with Gasteiger partial charge in [-0.05, 0) is 25.7 Å². The van der Waals surface area contributed by atoms with E-state index in [-0.39, 0.29) is 7.43 Å². The van der Waals surface area contributed by atoms with Crippen LogP contribution in [0, 0.1) is 7.43 Å². The summed E-state index contributed by atoms with van der Waals surface area (Å²) in [7, 11) is 0. The van der Waals surface area contributed by atoms with Gasteiger partial charge in [0.2, 0.25) is 0 Å². The van der Waals surface area contributed by atoms with Gasteiger partial charge in [0.25, 0.3) is 0 Å². The zero-order valence-electron chi connectivity index (χ0n) is 4.48. The van der Waals surface area contributed by atoms with E-state index >= 15 is 0 Å². The Kier molecular flexibility index (Phi) is 3.77. The van der Waals surface area contributed by atoms with Crippen LogP contribution in [0.15, 0.2) is 12.2 Å². The monoisotopic (exact) mass is 94.1 g/mol. The molecule has 0 atom stereocenters. The summed E-state index contributed by atoms with van der Waals surface area (Å²) in [6.07, 6.45) is 10.0. The van der Waals surface area contributed by atoms with Gasteiger partial charge in [-0.15, -0.1) is 0 Å². The standard InChI is InChI=1S/C6H10.C/c1-2-4-6-5-3-1;/h1-2H,3-6H2;. The number of rotatable bonds is 0. The minimum absolute atomic E-state index is 0. The molecule has 0 fully saturated rings. The van der Waals surface area contributed by atoms with Crippen molar-refractivity contribution in [3.63, 3.8) is 0 Å². The molecule has 7 heavy (non-hydrogen) atoms. The summed E-state index contributed by atoms with van der Waals surface area (Å²) in [5.74, 6) is 0. The molecule has 0 amide bonds. The normalized spacial score (nSPS) is 18.3. The Morgan fingerprint density at radius 1 is 0.857 bits per heavy atom. The summed E-state index contributed by atoms with van der Waals surface area (Å²) in [6.45, 7) is 0. The molecule has 0 bridgehead atoms. The van der Waals surface area contributed by atoms with E-state index in [0.29, 0.717) is 0 Å². The van der Waals surface area contributed by atoms with E-state index in [1.54, 1.807) is 0 Å². The third-order valence-electron chi connectivity index (χ3n) is 1.16. The van der Waals surface area contributed by atoms with Gasteiger partial charge in [0.05, 0.1) is 0 Å². The Morgan fingerprint density at radius 2 is 1.29 bits per heavy atom. The summed E-state index contributed by atoms with van der Waals surface area (Å²) < 4.78 is 0. The SMILES string of the molecule is C1=CCCCC1.[C]. The summed E-state index contributed by atoms with van der Waals surface area (Å²) in [5, 5.41) is 0. The molecule has 0 nitrogen and oxygen atoms in total. The van der Waals surface area contributed by atoms with Crippen LogP contribution in [0.5, 0.6) is 0 Å². The van der Waals surface area contributed by atoms with Crippen LogP contribution in [0.2, 0.25) is 0 Å². The molecule has 0 aliphatic heterocycles. The second kappa shape index (κ2) is 3.91. The molecule has 0 unspecified atom stereocenters. The molecule has 0 spiro atoms. The first-order valence-corrected chi connectivity index (χ1v) is 2.65. The van der Waals surface area contributed by atoms with Crippen LogP contribution in [0.1, 0.15) is 25.7 Å². The lowest BCUT2D eigenvalue weighted by molar-refractivity contribution is 0.730. The van der Waals surface area contributed by atoms with Crippen LogP contribution in [0.3, 0.4) is 0 Å². The fourth-order valence-corrected chi connectivity index (χ4v) is 0.760. The molecule has 0 aromatic carbocycles. The van der Waals surface area contributed by atoms with Gasteiger partial charge in [-0.1, -0.05) is 12.2 Å². The smallest absolute Gasteiger partial charge is 0 e. The first kappa shape index (κ1) is 6.74. The van der Waals surface area contributed by atoms with Crippen LogP contribution in [-0.4, -0.2) is 0 Å². The van der Waals surface area contributed by atoms with Crippen molar-refractivity contribution in [1.82, 2.24) is 0 Å². The third kappa shape index (κ3) is 2.44. The topological polar surface area (TPSA) is 0 Å². The fourth-order valence-electron chi connectivity index (χ4n) is 0.760. The minimum atomic E-state index is 0. The van der Waals surface area contributed by atoms with E-state index in [9.17, 15) is 0 Å². The molecule has 38 valence electrons. The Balaban J connectivity index is 0.000000360. The molecular weight excluding hydrogens is 84.1 g/mol. The predicted octanol–water partition coefficient (Wildman–Crippen LogP) is 2.20. The van der Waals surface area contributed by atoms with E-state index in [0.717, 1.165) is 0 Å². The van der Waals surface area contributed by atoms with Crippen LogP contribution >= 0.6 is 0 Å². The lowest BCUT2D eigenvalue weighted by Gasteiger charge is -1.97. The highest BCUT2D eigenvalue weighted by atomic mass is 13.9. The Hall–Kier alpha value is -0.260. The van der Waals surface area contributed by atoms with Crippen molar-refractivity contribution in [1.29, 1.82) is 0 Å². The third-order valence-corrected chi connectivity index (χ3v) is 1.16. The average molecular weight is 94.2 g/mol. The first-order chi connectivity index (χ1) is 3.00. The minimum Gasteiger partial charge on any atom is -0.0885 e. The number of hydrogen-bond donors (Lipinski definition) is 0. The molecule has 0 N–H and O–H groups in total. The van der Waals surface area contributed by atoms with Gasteiger partial charge in [0.15, 0.2) is 0 Å². The van der Waals surface area contributed by atoms with Crippen LogP contribution in [-0.2, 0) is 0 Å². The molecule has 0 heteroatoms. The van der Waals surface area contributed by atoms with Crippen molar-refractivity contribution in [3.05, 3.63) is 19.6 Å². The van der Waals surface area contributed by atoms with Crippen LogP contribution in [0.25, 0.3) is 0 Å². The molecule has 0 aromatic rings. The van der Waals surface area contributed by atoms with E-state index in [2.05, 4.69) is 12.2 Å². The fraction of sp³-hybridized carbons (Fsp3) is 0.571. The van der Waals surface area contributed by atoms with Gasteiger partial charge in [0.1, 0.15) is 0 Å². The van der Waals surface area contributed by atoms with Crippen molar-refractivity contribution in [3.8, 4) is 0 Å². The molecule has 1 aliphatic carbocycles. The lowest BCUT2D eigenvalue weighted by Crippen LogP contribution is -1.77. The maximum Gasteiger partial charge on any atom is 0 e. The maximum absolute atomic E-state index is 2.27. The number of hydrogen-bond acceptors (Lipinski definition) is 0. The van der Waals surface area contributed by atoms with E-state index in [1.807, 2.05) is 0 Å². The molecule has 0 saturated heterocycles. The van der Waals surface area contributed by atoms with Gasteiger partial charge < -0.3 is 0 Å². The van der Waals surface area contributed by atoms with Crippen LogP contribution in [0.4, 0.5) is 0 Å². The van der Waals surface area contributed by atoms with Crippen LogP contribution < -0.4 is 0 Å². The second-order valence-electron chi connectivity index (χ2n) is 1.76. The Labute approximate surface area is 46.2 Å². The van der Waals surface area contributed by atoms with E-state index < -0.39 is 0 Å².